The molecule has 0 aliphatic carbocycles. The van der Waals surface area contributed by atoms with Crippen molar-refractivity contribution >= 4 is 40.7 Å². The molecule has 1 atom stereocenters. The van der Waals surface area contributed by atoms with Crippen molar-refractivity contribution in [2.75, 3.05) is 20.3 Å². The molecular formula is C25H27Cl2NO5. The van der Waals surface area contributed by atoms with Crippen LogP contribution in [0.4, 0.5) is 0 Å². The highest BCUT2D eigenvalue weighted by Crippen LogP contribution is 2.43. The van der Waals surface area contributed by atoms with Gasteiger partial charge < -0.3 is 19.5 Å². The van der Waals surface area contributed by atoms with Crippen LogP contribution in [0.5, 0.6) is 11.5 Å². The van der Waals surface area contributed by atoms with Gasteiger partial charge in [0.2, 0.25) is 0 Å². The third-order valence-corrected chi connectivity index (χ3v) is 5.93. The molecule has 2 aromatic rings. The van der Waals surface area contributed by atoms with Gasteiger partial charge in [0.15, 0.2) is 0 Å². The number of ketones is 1. The first-order chi connectivity index (χ1) is 15.8. The van der Waals surface area contributed by atoms with Gasteiger partial charge in [0.1, 0.15) is 17.3 Å². The first-order valence-corrected chi connectivity index (χ1v) is 11.6. The summed E-state index contributed by atoms with van der Waals surface area (Å²) in [6, 6.07) is 9.37. The topological polar surface area (TPSA) is 76.1 Å². The number of rotatable bonds is 9. The van der Waals surface area contributed by atoms with Gasteiger partial charge in [-0.05, 0) is 42.7 Å². The first-order valence-electron chi connectivity index (χ1n) is 10.9. The number of methoxy groups -OCH3 is 1. The van der Waals surface area contributed by atoms with Crippen LogP contribution in [0, 0.1) is 0 Å². The van der Waals surface area contributed by atoms with Crippen LogP contribution < -0.4 is 9.47 Å². The van der Waals surface area contributed by atoms with E-state index >= 15 is 0 Å². The van der Waals surface area contributed by atoms with Crippen molar-refractivity contribution in [3.63, 3.8) is 0 Å². The molecule has 8 heteroatoms. The number of hydrogen-bond acceptors (Lipinski definition) is 5. The second kappa shape index (κ2) is 10.9. The van der Waals surface area contributed by atoms with Crippen LogP contribution in [0.2, 0.25) is 10.0 Å². The van der Waals surface area contributed by atoms with Crippen LogP contribution >= 0.6 is 23.2 Å². The lowest BCUT2D eigenvalue weighted by Crippen LogP contribution is -2.30. The van der Waals surface area contributed by atoms with Gasteiger partial charge in [0.25, 0.3) is 11.7 Å². The molecular weight excluding hydrogens is 465 g/mol. The molecule has 3 rings (SSSR count). The van der Waals surface area contributed by atoms with E-state index in [4.69, 9.17) is 32.7 Å². The molecule has 1 N–H and O–H groups in total. The molecule has 176 valence electrons. The molecule has 0 bridgehead atoms. The van der Waals surface area contributed by atoms with Crippen molar-refractivity contribution in [2.24, 2.45) is 0 Å². The number of unbranched alkanes of at least 4 members (excludes halogenated alkanes) is 1. The van der Waals surface area contributed by atoms with Crippen molar-refractivity contribution in [1.29, 1.82) is 0 Å². The minimum absolute atomic E-state index is 0.0373. The van der Waals surface area contributed by atoms with Gasteiger partial charge in [-0.3, -0.25) is 9.59 Å². The Morgan fingerprint density at radius 2 is 1.79 bits per heavy atom. The summed E-state index contributed by atoms with van der Waals surface area (Å²) in [6.45, 7) is 4.97. The standard InChI is InChI=1S/C25H27Cl2NO5/c1-4-6-12-33-17-9-7-15(8-10-17)21-20(23(30)25(31)28(21)11-5-2)22(29)18-13-16(26)14-19(27)24(18)32-3/h7-10,13-14,21,29H,4-6,11-12H2,1-3H3/b22-20+. The predicted molar refractivity (Wildman–Crippen MR) is 129 cm³/mol. The number of hydrogen-bond donors (Lipinski definition) is 1. The Hall–Kier alpha value is -2.70. The minimum atomic E-state index is -0.771. The van der Waals surface area contributed by atoms with E-state index in [0.717, 1.165) is 12.8 Å². The summed E-state index contributed by atoms with van der Waals surface area (Å²) in [5.74, 6) is -0.964. The largest absolute Gasteiger partial charge is 0.507 e. The van der Waals surface area contributed by atoms with E-state index < -0.39 is 17.7 Å². The Morgan fingerprint density at radius 3 is 2.39 bits per heavy atom. The monoisotopic (exact) mass is 491 g/mol. The number of benzene rings is 2. The van der Waals surface area contributed by atoms with E-state index in [1.165, 1.54) is 24.1 Å². The number of ether oxygens (including phenoxy) is 2. The van der Waals surface area contributed by atoms with Crippen LogP contribution in [0.15, 0.2) is 42.0 Å². The Morgan fingerprint density at radius 1 is 1.09 bits per heavy atom. The van der Waals surface area contributed by atoms with Gasteiger partial charge >= 0.3 is 0 Å². The van der Waals surface area contributed by atoms with E-state index in [1.54, 1.807) is 24.3 Å². The fourth-order valence-corrected chi connectivity index (χ4v) is 4.44. The normalized spacial score (nSPS) is 17.5. The molecule has 33 heavy (non-hydrogen) atoms. The van der Waals surface area contributed by atoms with Gasteiger partial charge in [-0.2, -0.15) is 0 Å². The van der Waals surface area contributed by atoms with Crippen molar-refractivity contribution in [3.8, 4) is 11.5 Å². The number of amides is 1. The highest BCUT2D eigenvalue weighted by molar-refractivity contribution is 6.46. The minimum Gasteiger partial charge on any atom is -0.507 e. The summed E-state index contributed by atoms with van der Waals surface area (Å²) in [5.41, 5.74) is 0.790. The Kier molecular flexibility index (Phi) is 8.27. The van der Waals surface area contributed by atoms with E-state index in [9.17, 15) is 14.7 Å². The second-order valence-electron chi connectivity index (χ2n) is 7.73. The molecule has 1 amide bonds. The lowest BCUT2D eigenvalue weighted by molar-refractivity contribution is -0.139. The molecule has 1 aliphatic rings. The number of nitrogens with zero attached hydrogens (tertiary/aromatic N) is 1. The van der Waals surface area contributed by atoms with Gasteiger partial charge in [-0.1, -0.05) is 55.6 Å². The molecule has 0 saturated carbocycles. The predicted octanol–water partition coefficient (Wildman–Crippen LogP) is 6.01. The van der Waals surface area contributed by atoms with E-state index in [0.29, 0.717) is 30.9 Å². The lowest BCUT2D eigenvalue weighted by Gasteiger charge is -2.25. The average Bonchev–Trinajstić information content (AvgIpc) is 3.04. The van der Waals surface area contributed by atoms with Crippen molar-refractivity contribution in [1.82, 2.24) is 4.90 Å². The summed E-state index contributed by atoms with van der Waals surface area (Å²) in [6.07, 6.45) is 2.62. The van der Waals surface area contributed by atoms with Crippen LogP contribution in [0.1, 0.15) is 50.3 Å². The van der Waals surface area contributed by atoms with Crippen LogP contribution in [-0.4, -0.2) is 42.0 Å². The Labute approximate surface area is 203 Å². The summed E-state index contributed by atoms with van der Waals surface area (Å²) < 4.78 is 11.1. The molecule has 1 heterocycles. The lowest BCUT2D eigenvalue weighted by atomic mass is 9.95. The van der Waals surface area contributed by atoms with Crippen molar-refractivity contribution in [3.05, 3.63) is 63.1 Å². The van der Waals surface area contributed by atoms with Crippen molar-refractivity contribution in [2.45, 2.75) is 39.2 Å². The third kappa shape index (κ3) is 5.12. The fourth-order valence-electron chi connectivity index (χ4n) is 3.87. The number of carbonyl (C=O) groups excluding carboxylic acids is 2. The number of likely N-dealkylation sites (tertiary alicyclic amines) is 1. The number of aliphatic hydroxyl groups is 1. The second-order valence-corrected chi connectivity index (χ2v) is 8.58. The number of Topliss-reactive ketones (excluding diaryl/α,β-unsaturated/α-hetero) is 1. The number of halogens is 2. The molecule has 1 unspecified atom stereocenters. The van der Waals surface area contributed by atoms with Crippen LogP contribution in [0.3, 0.4) is 0 Å². The smallest absolute Gasteiger partial charge is 0.295 e. The van der Waals surface area contributed by atoms with Crippen LogP contribution in [-0.2, 0) is 9.59 Å². The fraction of sp³-hybridized carbons (Fsp3) is 0.360. The summed E-state index contributed by atoms with van der Waals surface area (Å²) >= 11 is 12.4. The molecule has 6 nitrogen and oxygen atoms in total. The van der Waals surface area contributed by atoms with E-state index in [2.05, 4.69) is 6.92 Å². The number of carbonyl (C=O) groups is 2. The summed E-state index contributed by atoms with van der Waals surface area (Å²) in [4.78, 5) is 27.4. The maximum atomic E-state index is 13.1. The van der Waals surface area contributed by atoms with Gasteiger partial charge in [0, 0.05) is 11.6 Å². The average molecular weight is 492 g/mol. The van der Waals surface area contributed by atoms with Crippen molar-refractivity contribution < 1.29 is 24.2 Å². The zero-order chi connectivity index (χ0) is 24.1. The SMILES string of the molecule is CCCCOc1ccc(C2/C(=C(\O)c3cc(Cl)cc(Cl)c3OC)C(=O)C(=O)N2CCC)cc1. The molecule has 1 fully saturated rings. The van der Waals surface area contributed by atoms with E-state index in [1.807, 2.05) is 6.92 Å². The molecule has 0 aromatic heterocycles. The molecule has 1 saturated heterocycles. The Balaban J connectivity index is 2.13. The maximum absolute atomic E-state index is 13.1. The molecule has 0 radical (unpaired) electrons. The van der Waals surface area contributed by atoms with Gasteiger partial charge in [-0.15, -0.1) is 0 Å². The van der Waals surface area contributed by atoms with E-state index in [-0.39, 0.29) is 32.7 Å². The zero-order valence-corrected chi connectivity index (χ0v) is 20.4. The Bertz CT molecular complexity index is 1070. The summed E-state index contributed by atoms with van der Waals surface area (Å²) in [7, 11) is 1.40. The van der Waals surface area contributed by atoms with Gasteiger partial charge in [0.05, 0.1) is 35.9 Å². The highest BCUT2D eigenvalue weighted by atomic mass is 35.5. The quantitative estimate of drug-likeness (QED) is 0.201. The summed E-state index contributed by atoms with van der Waals surface area (Å²) in [5, 5.41) is 11.7. The maximum Gasteiger partial charge on any atom is 0.295 e. The molecule has 2 aromatic carbocycles. The number of aliphatic hydroxyl groups excluding tert-OH is 1. The third-order valence-electron chi connectivity index (χ3n) is 5.43. The first kappa shape index (κ1) is 24.9. The molecule has 0 spiro atoms. The van der Waals surface area contributed by atoms with Gasteiger partial charge in [-0.25, -0.2) is 0 Å². The highest BCUT2D eigenvalue weighted by Gasteiger charge is 2.46. The molecule has 1 aliphatic heterocycles. The zero-order valence-electron chi connectivity index (χ0n) is 18.9. The van der Waals surface area contributed by atoms with Crippen LogP contribution in [0.25, 0.3) is 5.76 Å².